The number of aromatic carboxylic acids is 1. The van der Waals surface area contributed by atoms with Crippen LogP contribution < -0.4 is 4.74 Å². The van der Waals surface area contributed by atoms with E-state index in [1.165, 1.54) is 24.3 Å². The Balaban J connectivity index is 2.18. The van der Waals surface area contributed by atoms with Gasteiger partial charge in [-0.2, -0.15) is 0 Å². The van der Waals surface area contributed by atoms with Gasteiger partial charge >= 0.3 is 5.97 Å². The first-order valence-electron chi connectivity index (χ1n) is 5.56. The van der Waals surface area contributed by atoms with Gasteiger partial charge in [-0.25, -0.2) is 13.6 Å². The van der Waals surface area contributed by atoms with Crippen molar-refractivity contribution in [1.82, 2.24) is 0 Å². The second kappa shape index (κ2) is 6.00. The van der Waals surface area contributed by atoms with Crippen LogP contribution >= 0.6 is 15.9 Å². The molecule has 20 heavy (non-hydrogen) atoms. The van der Waals surface area contributed by atoms with Crippen LogP contribution in [0.3, 0.4) is 0 Å². The highest BCUT2D eigenvalue weighted by Crippen LogP contribution is 2.22. The van der Waals surface area contributed by atoms with E-state index in [2.05, 4.69) is 15.9 Å². The average Bonchev–Trinajstić information content (AvgIpc) is 2.36. The van der Waals surface area contributed by atoms with Crippen molar-refractivity contribution in [2.24, 2.45) is 0 Å². The third-order valence-electron chi connectivity index (χ3n) is 2.52. The normalized spacial score (nSPS) is 10.3. The molecule has 2 rings (SSSR count). The third-order valence-corrected chi connectivity index (χ3v) is 2.98. The summed E-state index contributed by atoms with van der Waals surface area (Å²) < 4.78 is 32.4. The molecule has 0 spiro atoms. The number of carbonyl (C=O) groups is 1. The fourth-order valence-corrected chi connectivity index (χ4v) is 2.04. The molecule has 0 saturated carbocycles. The van der Waals surface area contributed by atoms with Gasteiger partial charge in [0.1, 0.15) is 24.0 Å². The fourth-order valence-electron chi connectivity index (χ4n) is 1.59. The number of benzene rings is 2. The Bertz CT molecular complexity index is 639. The molecule has 0 heterocycles. The molecule has 6 heteroatoms. The maximum Gasteiger partial charge on any atom is 0.335 e. The van der Waals surface area contributed by atoms with Crippen LogP contribution in [0.2, 0.25) is 0 Å². The highest BCUT2D eigenvalue weighted by molar-refractivity contribution is 9.10. The van der Waals surface area contributed by atoms with E-state index in [4.69, 9.17) is 9.84 Å². The van der Waals surface area contributed by atoms with E-state index in [9.17, 15) is 13.6 Å². The first kappa shape index (κ1) is 14.5. The Kier molecular flexibility index (Phi) is 4.34. The van der Waals surface area contributed by atoms with E-state index in [1.54, 1.807) is 0 Å². The van der Waals surface area contributed by atoms with Gasteiger partial charge in [0, 0.05) is 16.1 Å². The Labute approximate surface area is 121 Å². The molecule has 0 unspecified atom stereocenters. The number of rotatable bonds is 4. The fraction of sp³-hybridized carbons (Fsp3) is 0.0714. The van der Waals surface area contributed by atoms with Crippen LogP contribution in [0, 0.1) is 11.6 Å². The summed E-state index contributed by atoms with van der Waals surface area (Å²) in [5.41, 5.74) is 0.0516. The molecule has 0 aromatic heterocycles. The quantitative estimate of drug-likeness (QED) is 0.913. The van der Waals surface area contributed by atoms with E-state index in [1.807, 2.05) is 0 Å². The first-order valence-corrected chi connectivity index (χ1v) is 6.35. The predicted molar refractivity (Wildman–Crippen MR) is 71.8 cm³/mol. The molecule has 0 bridgehead atoms. The molecule has 0 amide bonds. The number of carboxylic acids is 1. The molecule has 0 aliphatic rings. The van der Waals surface area contributed by atoms with Gasteiger partial charge in [-0.3, -0.25) is 0 Å². The standard InChI is InChI=1S/C14H9BrF2O3/c15-10-4-11(16)6-12(5-10)20-7-9-3-8(14(18)19)1-2-13(9)17/h1-6H,7H2,(H,18,19). The van der Waals surface area contributed by atoms with Crippen molar-refractivity contribution in [1.29, 1.82) is 0 Å². The van der Waals surface area contributed by atoms with Crippen LogP contribution in [-0.4, -0.2) is 11.1 Å². The topological polar surface area (TPSA) is 46.5 Å². The van der Waals surface area contributed by atoms with Gasteiger partial charge in [-0.05, 0) is 30.3 Å². The lowest BCUT2D eigenvalue weighted by molar-refractivity contribution is 0.0696. The summed E-state index contributed by atoms with van der Waals surface area (Å²) in [6.07, 6.45) is 0. The average molecular weight is 343 g/mol. The summed E-state index contributed by atoms with van der Waals surface area (Å²) in [6, 6.07) is 7.36. The Morgan fingerprint density at radius 3 is 2.60 bits per heavy atom. The summed E-state index contributed by atoms with van der Waals surface area (Å²) in [7, 11) is 0. The second-order valence-electron chi connectivity index (χ2n) is 4.01. The van der Waals surface area contributed by atoms with Crippen molar-refractivity contribution in [2.45, 2.75) is 6.61 Å². The summed E-state index contributed by atoms with van der Waals surface area (Å²) in [5.74, 6) is -2.00. The number of hydrogen-bond donors (Lipinski definition) is 1. The lowest BCUT2D eigenvalue weighted by atomic mass is 10.1. The number of hydrogen-bond acceptors (Lipinski definition) is 2. The maximum atomic E-state index is 13.5. The second-order valence-corrected chi connectivity index (χ2v) is 4.92. The van der Waals surface area contributed by atoms with Crippen molar-refractivity contribution in [2.75, 3.05) is 0 Å². The van der Waals surface area contributed by atoms with Crippen LogP contribution in [0.4, 0.5) is 8.78 Å². The largest absolute Gasteiger partial charge is 0.489 e. The van der Waals surface area contributed by atoms with Crippen LogP contribution in [0.15, 0.2) is 40.9 Å². The highest BCUT2D eigenvalue weighted by Gasteiger charge is 2.09. The molecule has 0 saturated heterocycles. The Hall–Kier alpha value is -1.95. The molecule has 0 aliphatic heterocycles. The number of halogens is 3. The molecule has 0 aliphatic carbocycles. The van der Waals surface area contributed by atoms with Gasteiger partial charge in [0.05, 0.1) is 5.56 Å². The first-order chi connectivity index (χ1) is 9.45. The molecule has 0 radical (unpaired) electrons. The van der Waals surface area contributed by atoms with Gasteiger partial charge in [-0.1, -0.05) is 15.9 Å². The zero-order chi connectivity index (χ0) is 14.7. The van der Waals surface area contributed by atoms with Crippen molar-refractivity contribution in [3.8, 4) is 5.75 Å². The number of carboxylic acid groups (broad SMARTS) is 1. The van der Waals surface area contributed by atoms with Gasteiger partial charge in [-0.15, -0.1) is 0 Å². The molecule has 1 N–H and O–H groups in total. The van der Waals surface area contributed by atoms with Crippen molar-refractivity contribution in [3.05, 3.63) is 63.6 Å². The Morgan fingerprint density at radius 1 is 1.20 bits per heavy atom. The minimum Gasteiger partial charge on any atom is -0.489 e. The van der Waals surface area contributed by atoms with E-state index < -0.39 is 17.6 Å². The van der Waals surface area contributed by atoms with Crippen molar-refractivity contribution >= 4 is 21.9 Å². The van der Waals surface area contributed by atoms with Gasteiger partial charge in [0.2, 0.25) is 0 Å². The van der Waals surface area contributed by atoms with Gasteiger partial charge in [0.15, 0.2) is 0 Å². The van der Waals surface area contributed by atoms with Crippen LogP contribution in [0.1, 0.15) is 15.9 Å². The minimum absolute atomic E-state index is 0.0366. The maximum absolute atomic E-state index is 13.5. The summed E-state index contributed by atoms with van der Waals surface area (Å²) in [4.78, 5) is 10.8. The molecule has 2 aromatic carbocycles. The molecule has 2 aromatic rings. The van der Waals surface area contributed by atoms with E-state index >= 15 is 0 Å². The molecule has 0 atom stereocenters. The van der Waals surface area contributed by atoms with Crippen LogP contribution in [0.25, 0.3) is 0 Å². The Morgan fingerprint density at radius 2 is 1.95 bits per heavy atom. The zero-order valence-corrected chi connectivity index (χ0v) is 11.7. The van der Waals surface area contributed by atoms with Gasteiger partial charge in [0.25, 0.3) is 0 Å². The van der Waals surface area contributed by atoms with E-state index in [-0.39, 0.29) is 23.5 Å². The summed E-state index contributed by atoms with van der Waals surface area (Å²) >= 11 is 3.11. The zero-order valence-electron chi connectivity index (χ0n) is 10.1. The molecule has 104 valence electrons. The smallest absolute Gasteiger partial charge is 0.335 e. The summed E-state index contributed by atoms with van der Waals surface area (Å²) in [5, 5.41) is 8.84. The van der Waals surface area contributed by atoms with Crippen molar-refractivity contribution < 1.29 is 23.4 Å². The van der Waals surface area contributed by atoms with E-state index in [0.29, 0.717) is 4.47 Å². The highest BCUT2D eigenvalue weighted by atomic mass is 79.9. The third kappa shape index (κ3) is 3.54. The number of ether oxygens (including phenoxy) is 1. The molecular formula is C14H9BrF2O3. The predicted octanol–water partition coefficient (Wildman–Crippen LogP) is 4.00. The molecule has 3 nitrogen and oxygen atoms in total. The van der Waals surface area contributed by atoms with Crippen molar-refractivity contribution in [3.63, 3.8) is 0 Å². The minimum atomic E-state index is -1.15. The monoisotopic (exact) mass is 342 g/mol. The molecule has 0 fully saturated rings. The van der Waals surface area contributed by atoms with Gasteiger partial charge < -0.3 is 9.84 Å². The SMILES string of the molecule is O=C(O)c1ccc(F)c(COc2cc(F)cc(Br)c2)c1. The van der Waals surface area contributed by atoms with Crippen LogP contribution in [0.5, 0.6) is 5.75 Å². The summed E-state index contributed by atoms with van der Waals surface area (Å²) in [6.45, 7) is -0.192. The lowest BCUT2D eigenvalue weighted by Gasteiger charge is -2.08. The lowest BCUT2D eigenvalue weighted by Crippen LogP contribution is -2.03. The van der Waals surface area contributed by atoms with E-state index in [0.717, 1.165) is 12.1 Å². The van der Waals surface area contributed by atoms with Crippen LogP contribution in [-0.2, 0) is 6.61 Å². The molecular weight excluding hydrogens is 334 g/mol.